The van der Waals surface area contributed by atoms with Crippen molar-refractivity contribution in [1.29, 1.82) is 0 Å². The number of nitrogens with one attached hydrogen (secondary N) is 1. The summed E-state index contributed by atoms with van der Waals surface area (Å²) in [5.41, 5.74) is 0.862. The zero-order chi connectivity index (χ0) is 20.6. The second-order valence-corrected chi connectivity index (χ2v) is 7.50. The maximum atomic E-state index is 12.3. The van der Waals surface area contributed by atoms with Crippen molar-refractivity contribution in [2.45, 2.75) is 39.7 Å². The van der Waals surface area contributed by atoms with Crippen molar-refractivity contribution < 1.29 is 9.53 Å². The minimum atomic E-state index is 0. The van der Waals surface area contributed by atoms with Gasteiger partial charge in [0, 0.05) is 38.8 Å². The minimum Gasteiger partial charge on any atom is -0.482 e. The Morgan fingerprint density at radius 2 is 2.03 bits per heavy atom. The molecule has 30 heavy (non-hydrogen) atoms. The van der Waals surface area contributed by atoms with Gasteiger partial charge in [-0.25, -0.2) is 0 Å². The lowest BCUT2D eigenvalue weighted by Gasteiger charge is -2.29. The molecule has 1 fully saturated rings. The van der Waals surface area contributed by atoms with Crippen LogP contribution in [0.4, 0.5) is 5.69 Å². The second-order valence-electron chi connectivity index (χ2n) is 7.50. The molecule has 0 aliphatic carbocycles. The van der Waals surface area contributed by atoms with Crippen molar-refractivity contribution in [2.75, 3.05) is 57.3 Å². The van der Waals surface area contributed by atoms with Crippen LogP contribution in [0.15, 0.2) is 29.3 Å². The summed E-state index contributed by atoms with van der Waals surface area (Å²) >= 11 is 0. The van der Waals surface area contributed by atoms with Crippen LogP contribution in [-0.4, -0.2) is 80.1 Å². The van der Waals surface area contributed by atoms with E-state index >= 15 is 0 Å². The van der Waals surface area contributed by atoms with Crippen molar-refractivity contribution in [3.8, 4) is 5.75 Å². The van der Waals surface area contributed by atoms with Gasteiger partial charge in [0.1, 0.15) is 5.75 Å². The molecule has 0 spiro atoms. The van der Waals surface area contributed by atoms with Gasteiger partial charge in [0.2, 0.25) is 0 Å². The molecule has 168 valence electrons. The van der Waals surface area contributed by atoms with Gasteiger partial charge in [-0.1, -0.05) is 26.0 Å². The summed E-state index contributed by atoms with van der Waals surface area (Å²) in [5, 5.41) is 3.44. The van der Waals surface area contributed by atoms with E-state index in [1.54, 1.807) is 0 Å². The van der Waals surface area contributed by atoms with Crippen LogP contribution in [0.1, 0.15) is 33.6 Å². The zero-order valence-corrected chi connectivity index (χ0v) is 20.8. The molecular formula is C22H36IN5O2. The number of guanidine groups is 1. The Balaban J connectivity index is 0.00000320. The fourth-order valence-corrected chi connectivity index (χ4v) is 4.21. The van der Waals surface area contributed by atoms with Crippen LogP contribution < -0.4 is 15.0 Å². The fraction of sp³-hybridized carbons (Fsp3) is 0.636. The van der Waals surface area contributed by atoms with Crippen molar-refractivity contribution in [1.82, 2.24) is 15.1 Å². The molecule has 1 atom stereocenters. The number of likely N-dealkylation sites (tertiary alicyclic amines) is 1. The molecule has 0 aromatic heterocycles. The number of fused-ring (bicyclic) bond motifs is 1. The van der Waals surface area contributed by atoms with E-state index in [0.29, 0.717) is 19.1 Å². The molecule has 2 aliphatic rings. The highest BCUT2D eigenvalue weighted by atomic mass is 127. The molecule has 1 unspecified atom stereocenters. The Kier molecular flexibility index (Phi) is 10.2. The molecule has 8 heteroatoms. The number of hydrogen-bond donors (Lipinski definition) is 1. The third-order valence-electron chi connectivity index (χ3n) is 5.74. The van der Waals surface area contributed by atoms with Gasteiger partial charge in [-0.15, -0.1) is 24.0 Å². The van der Waals surface area contributed by atoms with Gasteiger partial charge in [-0.3, -0.25) is 14.7 Å². The lowest BCUT2D eigenvalue weighted by molar-refractivity contribution is -0.121. The molecule has 2 heterocycles. The summed E-state index contributed by atoms with van der Waals surface area (Å²) in [5.74, 6) is 1.79. The van der Waals surface area contributed by atoms with Crippen LogP contribution in [0.2, 0.25) is 0 Å². The number of carbonyl (C=O) groups excluding carboxylic acids is 1. The van der Waals surface area contributed by atoms with Crippen molar-refractivity contribution in [2.24, 2.45) is 4.99 Å². The number of halogens is 1. The molecule has 1 amide bonds. The van der Waals surface area contributed by atoms with Crippen molar-refractivity contribution in [3.05, 3.63) is 24.3 Å². The van der Waals surface area contributed by atoms with Crippen molar-refractivity contribution >= 4 is 41.5 Å². The van der Waals surface area contributed by atoms with Gasteiger partial charge < -0.3 is 19.9 Å². The SMILES string of the molecule is CCNC(=NCCCN1C(=O)COc2ccccc21)N1CCC(N(CC)CC)C1.I. The number of benzene rings is 1. The number of hydrogen-bond acceptors (Lipinski definition) is 4. The van der Waals surface area contributed by atoms with E-state index in [1.165, 1.54) is 6.42 Å². The lowest BCUT2D eigenvalue weighted by atomic mass is 10.2. The van der Waals surface area contributed by atoms with E-state index in [0.717, 1.165) is 56.5 Å². The Hall–Kier alpha value is -1.55. The van der Waals surface area contributed by atoms with Gasteiger partial charge in [-0.05, 0) is 45.0 Å². The summed E-state index contributed by atoms with van der Waals surface area (Å²) in [6.45, 7) is 13.2. The minimum absolute atomic E-state index is 0. The summed E-state index contributed by atoms with van der Waals surface area (Å²) in [6, 6.07) is 8.33. The molecule has 1 aromatic rings. The first-order valence-corrected chi connectivity index (χ1v) is 11.0. The van der Waals surface area contributed by atoms with Gasteiger partial charge in [-0.2, -0.15) is 0 Å². The van der Waals surface area contributed by atoms with Crippen molar-refractivity contribution in [3.63, 3.8) is 0 Å². The maximum Gasteiger partial charge on any atom is 0.265 e. The number of aliphatic imine (C=N–C) groups is 1. The van der Waals surface area contributed by atoms with Gasteiger partial charge in [0.25, 0.3) is 5.91 Å². The number of carbonyl (C=O) groups is 1. The average Bonchev–Trinajstić information content (AvgIpc) is 3.22. The first kappa shape index (κ1) is 24.7. The molecule has 3 rings (SSSR count). The lowest BCUT2D eigenvalue weighted by Crippen LogP contribution is -2.43. The zero-order valence-electron chi connectivity index (χ0n) is 18.5. The van der Waals surface area contributed by atoms with Crippen LogP contribution in [0, 0.1) is 0 Å². The van der Waals surface area contributed by atoms with Gasteiger partial charge in [0.15, 0.2) is 12.6 Å². The monoisotopic (exact) mass is 529 g/mol. The third kappa shape index (κ3) is 6.00. The van der Waals surface area contributed by atoms with Crippen LogP contribution in [-0.2, 0) is 4.79 Å². The summed E-state index contributed by atoms with van der Waals surface area (Å²) in [4.78, 5) is 23.9. The Bertz CT molecular complexity index is 711. The number of rotatable bonds is 8. The maximum absolute atomic E-state index is 12.3. The predicted octanol–water partition coefficient (Wildman–Crippen LogP) is 2.80. The summed E-state index contributed by atoms with van der Waals surface area (Å²) in [6.07, 6.45) is 2.01. The van der Waals surface area contributed by atoms with Gasteiger partial charge >= 0.3 is 0 Å². The summed E-state index contributed by atoms with van der Waals surface area (Å²) < 4.78 is 5.52. The molecule has 0 saturated carbocycles. The van der Waals surface area contributed by atoms with E-state index in [2.05, 4.69) is 35.9 Å². The molecule has 1 saturated heterocycles. The fourth-order valence-electron chi connectivity index (χ4n) is 4.21. The van der Waals surface area contributed by atoms with Crippen LogP contribution >= 0.6 is 24.0 Å². The molecule has 7 nitrogen and oxygen atoms in total. The van der Waals surface area contributed by atoms with E-state index < -0.39 is 0 Å². The quantitative estimate of drug-likeness (QED) is 0.243. The molecular weight excluding hydrogens is 493 g/mol. The summed E-state index contributed by atoms with van der Waals surface area (Å²) in [7, 11) is 0. The molecule has 1 aromatic carbocycles. The number of para-hydroxylation sites is 2. The molecule has 1 N–H and O–H groups in total. The van der Waals surface area contributed by atoms with Gasteiger partial charge in [0.05, 0.1) is 5.69 Å². The highest BCUT2D eigenvalue weighted by molar-refractivity contribution is 14.0. The van der Waals surface area contributed by atoms with E-state index in [9.17, 15) is 4.79 Å². The Morgan fingerprint density at radius 3 is 2.77 bits per heavy atom. The first-order chi connectivity index (χ1) is 14.2. The van der Waals surface area contributed by atoms with Crippen LogP contribution in [0.25, 0.3) is 0 Å². The largest absolute Gasteiger partial charge is 0.482 e. The van der Waals surface area contributed by atoms with E-state index in [4.69, 9.17) is 9.73 Å². The topological polar surface area (TPSA) is 60.4 Å². The third-order valence-corrected chi connectivity index (χ3v) is 5.74. The standard InChI is InChI=1S/C22H35N5O2.HI/c1-4-23-22(26-15-12-18(16-26)25(5-2)6-3)24-13-9-14-27-19-10-7-8-11-20(19)29-17-21(27)28;/h7-8,10-11,18H,4-6,9,12-17H2,1-3H3,(H,23,24);1H. The highest BCUT2D eigenvalue weighted by Crippen LogP contribution is 2.31. The normalized spacial score (nSPS) is 18.9. The number of amides is 1. The van der Waals surface area contributed by atoms with E-state index in [1.807, 2.05) is 29.2 Å². The molecule has 2 aliphatic heterocycles. The number of likely N-dealkylation sites (N-methyl/N-ethyl adjacent to an activating group) is 1. The smallest absolute Gasteiger partial charge is 0.265 e. The van der Waals surface area contributed by atoms with Crippen LogP contribution in [0.5, 0.6) is 5.75 Å². The molecule has 0 bridgehead atoms. The Morgan fingerprint density at radius 1 is 1.27 bits per heavy atom. The molecule has 0 radical (unpaired) electrons. The average molecular weight is 529 g/mol. The number of anilines is 1. The highest BCUT2D eigenvalue weighted by Gasteiger charge is 2.28. The second kappa shape index (κ2) is 12.3. The van der Waals surface area contributed by atoms with Crippen LogP contribution in [0.3, 0.4) is 0 Å². The van der Waals surface area contributed by atoms with E-state index in [-0.39, 0.29) is 36.5 Å². The Labute approximate surface area is 197 Å². The number of nitrogens with zero attached hydrogens (tertiary/aromatic N) is 4. The first-order valence-electron chi connectivity index (χ1n) is 11.0. The predicted molar refractivity (Wildman–Crippen MR) is 133 cm³/mol. The number of ether oxygens (including phenoxy) is 1.